The van der Waals surface area contributed by atoms with Crippen molar-refractivity contribution in [3.8, 4) is 11.6 Å². The topological polar surface area (TPSA) is 63.7 Å². The maximum atomic E-state index is 12.4. The Labute approximate surface area is 161 Å². The van der Waals surface area contributed by atoms with Crippen molar-refractivity contribution in [2.75, 3.05) is 25.5 Å². The van der Waals surface area contributed by atoms with E-state index in [-0.39, 0.29) is 12.1 Å². The van der Waals surface area contributed by atoms with Crippen molar-refractivity contribution in [2.24, 2.45) is 0 Å². The van der Waals surface area contributed by atoms with E-state index in [0.29, 0.717) is 35.4 Å². The Morgan fingerprint density at radius 3 is 2.81 bits per heavy atom. The van der Waals surface area contributed by atoms with Crippen molar-refractivity contribution in [3.63, 3.8) is 0 Å². The Hall–Kier alpha value is -2.99. The van der Waals surface area contributed by atoms with Crippen LogP contribution < -0.4 is 14.8 Å². The molecule has 2 amide bonds. The molecule has 2 aromatic carbocycles. The number of nitrogens with one attached hydrogen (secondary N) is 1. The van der Waals surface area contributed by atoms with Gasteiger partial charge in [-0.25, -0.2) is 9.78 Å². The van der Waals surface area contributed by atoms with Crippen LogP contribution in [0.25, 0.3) is 10.9 Å². The largest absolute Gasteiger partial charge is 0.495 e. The van der Waals surface area contributed by atoms with E-state index in [1.165, 1.54) is 0 Å². The van der Waals surface area contributed by atoms with Crippen molar-refractivity contribution in [2.45, 2.75) is 6.10 Å². The van der Waals surface area contributed by atoms with Crippen molar-refractivity contribution < 1.29 is 14.3 Å². The van der Waals surface area contributed by atoms with Crippen molar-refractivity contribution >= 4 is 34.2 Å². The average molecular weight is 384 g/mol. The Morgan fingerprint density at radius 1 is 1.19 bits per heavy atom. The molecule has 1 aliphatic heterocycles. The summed E-state index contributed by atoms with van der Waals surface area (Å²) in [5.74, 6) is 1.12. The number of nitrogens with zero attached hydrogens (tertiary/aromatic N) is 2. The summed E-state index contributed by atoms with van der Waals surface area (Å²) in [5, 5.41) is 4.41. The number of pyridine rings is 1. The maximum Gasteiger partial charge on any atom is 0.322 e. The molecule has 4 rings (SSSR count). The van der Waals surface area contributed by atoms with Crippen LogP contribution in [0.5, 0.6) is 11.6 Å². The smallest absolute Gasteiger partial charge is 0.322 e. The van der Waals surface area contributed by atoms with Gasteiger partial charge in [0, 0.05) is 16.5 Å². The molecule has 0 aliphatic carbocycles. The molecule has 0 radical (unpaired) electrons. The summed E-state index contributed by atoms with van der Waals surface area (Å²) in [5.41, 5.74) is 1.42. The number of likely N-dealkylation sites (tertiary alicyclic amines) is 1. The number of hydrogen-bond acceptors (Lipinski definition) is 4. The number of urea groups is 1. The molecule has 3 aromatic rings. The number of halogens is 1. The number of ether oxygens (including phenoxy) is 2. The first-order valence-corrected chi connectivity index (χ1v) is 8.92. The fraction of sp³-hybridized carbons (Fsp3) is 0.200. The van der Waals surface area contributed by atoms with Gasteiger partial charge in [-0.05, 0) is 30.3 Å². The number of fused-ring (bicyclic) bond motifs is 1. The SMILES string of the molecule is COc1ccc(Cl)cc1NC(=O)N1CC(Oc2ccc3ccccc3n2)C1. The lowest BCUT2D eigenvalue weighted by atomic mass is 10.2. The van der Waals surface area contributed by atoms with E-state index >= 15 is 0 Å². The first kappa shape index (κ1) is 17.4. The highest BCUT2D eigenvalue weighted by molar-refractivity contribution is 6.31. The molecule has 0 unspecified atom stereocenters. The third-order valence-corrected chi connectivity index (χ3v) is 4.63. The lowest BCUT2D eigenvalue weighted by Crippen LogP contribution is -2.57. The van der Waals surface area contributed by atoms with Crippen molar-refractivity contribution in [3.05, 3.63) is 59.6 Å². The van der Waals surface area contributed by atoms with E-state index in [1.54, 1.807) is 30.2 Å². The van der Waals surface area contributed by atoms with Gasteiger partial charge in [0.25, 0.3) is 0 Å². The zero-order chi connectivity index (χ0) is 18.8. The second-order valence-electron chi connectivity index (χ2n) is 6.26. The first-order chi connectivity index (χ1) is 13.1. The summed E-state index contributed by atoms with van der Waals surface area (Å²) < 4.78 is 11.1. The van der Waals surface area contributed by atoms with E-state index in [9.17, 15) is 4.79 Å². The van der Waals surface area contributed by atoms with E-state index in [4.69, 9.17) is 21.1 Å². The zero-order valence-corrected chi connectivity index (χ0v) is 15.4. The van der Waals surface area contributed by atoms with Gasteiger partial charge in [-0.2, -0.15) is 0 Å². The third-order valence-electron chi connectivity index (χ3n) is 4.40. The number of amides is 2. The van der Waals surface area contributed by atoms with Crippen LogP contribution in [0.1, 0.15) is 0 Å². The summed E-state index contributed by atoms with van der Waals surface area (Å²) in [6, 6.07) is 16.6. The van der Waals surface area contributed by atoms with Gasteiger partial charge in [0.2, 0.25) is 5.88 Å². The molecule has 138 valence electrons. The number of hydrogen-bond donors (Lipinski definition) is 1. The molecule has 0 atom stereocenters. The molecule has 0 bridgehead atoms. The number of anilines is 1. The molecule has 1 aliphatic rings. The fourth-order valence-electron chi connectivity index (χ4n) is 2.93. The van der Waals surface area contributed by atoms with Crippen LogP contribution in [0.15, 0.2) is 54.6 Å². The first-order valence-electron chi connectivity index (χ1n) is 8.54. The standard InChI is InChI=1S/C20H18ClN3O3/c1-26-18-8-7-14(21)10-17(18)23-20(25)24-11-15(12-24)27-19-9-6-13-4-2-3-5-16(13)22-19/h2-10,15H,11-12H2,1H3,(H,23,25). The van der Waals surface area contributed by atoms with E-state index in [1.807, 2.05) is 36.4 Å². The Bertz CT molecular complexity index is 989. The summed E-state index contributed by atoms with van der Waals surface area (Å²) in [6.07, 6.45) is -0.0781. The normalized spacial score (nSPS) is 13.9. The van der Waals surface area contributed by atoms with Gasteiger partial charge in [0.15, 0.2) is 0 Å². The minimum atomic E-state index is -0.220. The summed E-state index contributed by atoms with van der Waals surface area (Å²) >= 11 is 5.99. The van der Waals surface area contributed by atoms with Gasteiger partial charge in [0.05, 0.1) is 31.4 Å². The van der Waals surface area contributed by atoms with Crippen LogP contribution >= 0.6 is 11.6 Å². The molecule has 1 aromatic heterocycles. The average Bonchev–Trinajstić information content (AvgIpc) is 2.64. The maximum absolute atomic E-state index is 12.4. The Balaban J connectivity index is 1.35. The van der Waals surface area contributed by atoms with Crippen LogP contribution in [-0.4, -0.2) is 42.2 Å². The second kappa shape index (κ2) is 7.32. The minimum absolute atomic E-state index is 0.0781. The second-order valence-corrected chi connectivity index (χ2v) is 6.70. The van der Waals surface area contributed by atoms with Gasteiger partial charge in [-0.1, -0.05) is 29.8 Å². The van der Waals surface area contributed by atoms with Gasteiger partial charge in [-0.3, -0.25) is 0 Å². The molecular formula is C20H18ClN3O3. The highest BCUT2D eigenvalue weighted by atomic mass is 35.5. The molecular weight excluding hydrogens is 366 g/mol. The number of benzene rings is 2. The van der Waals surface area contributed by atoms with Crippen LogP contribution in [0, 0.1) is 0 Å². The van der Waals surface area contributed by atoms with Gasteiger partial charge >= 0.3 is 6.03 Å². The van der Waals surface area contributed by atoms with Gasteiger partial charge < -0.3 is 19.7 Å². The molecule has 1 N–H and O–H groups in total. The van der Waals surface area contributed by atoms with Crippen molar-refractivity contribution in [1.82, 2.24) is 9.88 Å². The third kappa shape index (κ3) is 3.75. The van der Waals surface area contributed by atoms with Crippen LogP contribution in [0.3, 0.4) is 0 Å². The molecule has 1 fully saturated rings. The molecule has 1 saturated heterocycles. The highest BCUT2D eigenvalue weighted by Gasteiger charge is 2.33. The quantitative estimate of drug-likeness (QED) is 0.733. The fourth-order valence-corrected chi connectivity index (χ4v) is 3.11. The van der Waals surface area contributed by atoms with E-state index in [2.05, 4.69) is 10.3 Å². The van der Waals surface area contributed by atoms with E-state index in [0.717, 1.165) is 10.9 Å². The molecule has 27 heavy (non-hydrogen) atoms. The van der Waals surface area contributed by atoms with Crippen LogP contribution in [0.2, 0.25) is 5.02 Å². The molecule has 7 heteroatoms. The predicted octanol–water partition coefficient (Wildman–Crippen LogP) is 4.19. The summed E-state index contributed by atoms with van der Waals surface area (Å²) in [6.45, 7) is 0.979. The lowest BCUT2D eigenvalue weighted by Gasteiger charge is -2.38. The van der Waals surface area contributed by atoms with Crippen molar-refractivity contribution in [1.29, 1.82) is 0 Å². The number of carbonyl (C=O) groups is 1. The Morgan fingerprint density at radius 2 is 2.00 bits per heavy atom. The molecule has 6 nitrogen and oxygen atoms in total. The minimum Gasteiger partial charge on any atom is -0.495 e. The zero-order valence-electron chi connectivity index (χ0n) is 14.7. The number of aromatic nitrogens is 1. The molecule has 0 saturated carbocycles. The Kier molecular flexibility index (Phi) is 4.73. The van der Waals surface area contributed by atoms with Gasteiger partial charge in [0.1, 0.15) is 11.9 Å². The number of para-hydroxylation sites is 1. The lowest BCUT2D eigenvalue weighted by molar-refractivity contribution is 0.0463. The number of rotatable bonds is 4. The number of methoxy groups -OCH3 is 1. The molecule has 2 heterocycles. The van der Waals surface area contributed by atoms with Crippen LogP contribution in [0.4, 0.5) is 10.5 Å². The summed E-state index contributed by atoms with van der Waals surface area (Å²) in [7, 11) is 1.54. The highest BCUT2D eigenvalue weighted by Crippen LogP contribution is 2.28. The van der Waals surface area contributed by atoms with Crippen LogP contribution in [-0.2, 0) is 0 Å². The van der Waals surface area contributed by atoms with Gasteiger partial charge in [-0.15, -0.1) is 0 Å². The van der Waals surface area contributed by atoms with E-state index < -0.39 is 0 Å². The molecule has 0 spiro atoms. The predicted molar refractivity (Wildman–Crippen MR) is 105 cm³/mol. The number of carbonyl (C=O) groups excluding carboxylic acids is 1. The monoisotopic (exact) mass is 383 g/mol. The summed E-state index contributed by atoms with van der Waals surface area (Å²) in [4.78, 5) is 18.5.